The van der Waals surface area contributed by atoms with Gasteiger partial charge in [0.25, 0.3) is 0 Å². The molecule has 1 rings (SSSR count). The van der Waals surface area contributed by atoms with Gasteiger partial charge in [-0.2, -0.15) is 0 Å². The minimum atomic E-state index is 0.606. The fraction of sp³-hybridized carbons (Fsp3) is 0.250. The summed E-state index contributed by atoms with van der Waals surface area (Å²) >= 11 is 5.88. The fourth-order valence-corrected chi connectivity index (χ4v) is 1.07. The Balaban J connectivity index is 2.96. The Kier molecular flexibility index (Phi) is 2.60. The minimum absolute atomic E-state index is 0.606. The molecule has 0 radical (unpaired) electrons. The first-order chi connectivity index (χ1) is 5.25. The number of hydrogen-bond acceptors (Lipinski definition) is 2. The molecule has 60 valence electrons. The first kappa shape index (κ1) is 8.21. The van der Waals surface area contributed by atoms with E-state index in [1.165, 1.54) is 0 Å². The van der Waals surface area contributed by atoms with Crippen LogP contribution in [0.25, 0.3) is 0 Å². The Hall–Kier alpha value is -0.890. The van der Waals surface area contributed by atoms with Gasteiger partial charge in [0, 0.05) is 6.54 Å². The molecule has 0 aliphatic rings. The van der Waals surface area contributed by atoms with Crippen LogP contribution in [0.15, 0.2) is 18.2 Å². The Morgan fingerprint density at radius 1 is 1.55 bits per heavy atom. The van der Waals surface area contributed by atoms with Gasteiger partial charge < -0.3 is 11.1 Å². The van der Waals surface area contributed by atoms with Gasteiger partial charge in [-0.1, -0.05) is 17.7 Å². The van der Waals surface area contributed by atoms with Crippen molar-refractivity contribution in [1.29, 1.82) is 0 Å². The lowest BCUT2D eigenvalue weighted by molar-refractivity contribution is 1.21. The largest absolute Gasteiger partial charge is 0.397 e. The van der Waals surface area contributed by atoms with E-state index in [2.05, 4.69) is 5.32 Å². The predicted octanol–water partition coefficient (Wildman–Crippen LogP) is 2.35. The quantitative estimate of drug-likeness (QED) is 0.669. The number of anilines is 2. The molecule has 0 aliphatic heterocycles. The molecule has 0 amide bonds. The molecule has 0 saturated carbocycles. The lowest BCUT2D eigenvalue weighted by Gasteiger charge is -2.06. The third kappa shape index (κ3) is 1.77. The van der Waals surface area contributed by atoms with Gasteiger partial charge in [-0.05, 0) is 19.1 Å². The van der Waals surface area contributed by atoms with Gasteiger partial charge in [0.1, 0.15) is 0 Å². The predicted molar refractivity (Wildman–Crippen MR) is 50.0 cm³/mol. The number of nitrogen functional groups attached to an aromatic ring is 1. The summed E-state index contributed by atoms with van der Waals surface area (Å²) in [6, 6.07) is 5.56. The Labute approximate surface area is 71.4 Å². The van der Waals surface area contributed by atoms with Gasteiger partial charge in [-0.3, -0.25) is 0 Å². The van der Waals surface area contributed by atoms with E-state index in [1.807, 2.05) is 19.1 Å². The molecule has 11 heavy (non-hydrogen) atoms. The molecular weight excluding hydrogens is 160 g/mol. The molecular formula is C8H11ClN2. The molecule has 3 heteroatoms. The van der Waals surface area contributed by atoms with Crippen LogP contribution < -0.4 is 11.1 Å². The zero-order valence-corrected chi connectivity index (χ0v) is 7.15. The number of benzene rings is 1. The minimum Gasteiger partial charge on any atom is -0.397 e. The van der Waals surface area contributed by atoms with Gasteiger partial charge in [-0.25, -0.2) is 0 Å². The second-order valence-corrected chi connectivity index (χ2v) is 2.62. The fourth-order valence-electron chi connectivity index (χ4n) is 0.877. The van der Waals surface area contributed by atoms with E-state index < -0.39 is 0 Å². The van der Waals surface area contributed by atoms with Crippen molar-refractivity contribution in [3.63, 3.8) is 0 Å². The molecule has 0 spiro atoms. The highest BCUT2D eigenvalue weighted by atomic mass is 35.5. The van der Waals surface area contributed by atoms with E-state index in [-0.39, 0.29) is 0 Å². The monoisotopic (exact) mass is 170 g/mol. The highest BCUT2D eigenvalue weighted by Gasteiger charge is 1.99. The summed E-state index contributed by atoms with van der Waals surface area (Å²) in [4.78, 5) is 0. The number of nitrogens with two attached hydrogens (primary N) is 1. The van der Waals surface area contributed by atoms with E-state index in [9.17, 15) is 0 Å². The first-order valence-electron chi connectivity index (χ1n) is 3.53. The van der Waals surface area contributed by atoms with E-state index in [1.54, 1.807) is 6.07 Å². The first-order valence-corrected chi connectivity index (χ1v) is 3.91. The molecule has 0 saturated heterocycles. The van der Waals surface area contributed by atoms with Crippen LogP contribution in [0.3, 0.4) is 0 Å². The van der Waals surface area contributed by atoms with Crippen LogP contribution in [0.2, 0.25) is 5.02 Å². The zero-order valence-electron chi connectivity index (χ0n) is 6.39. The van der Waals surface area contributed by atoms with Crippen molar-refractivity contribution in [2.24, 2.45) is 0 Å². The van der Waals surface area contributed by atoms with Crippen LogP contribution in [-0.4, -0.2) is 6.54 Å². The van der Waals surface area contributed by atoms with Crippen LogP contribution in [0.5, 0.6) is 0 Å². The third-order valence-corrected chi connectivity index (χ3v) is 1.82. The van der Waals surface area contributed by atoms with Crippen LogP contribution in [-0.2, 0) is 0 Å². The molecule has 2 nitrogen and oxygen atoms in total. The van der Waals surface area contributed by atoms with Crippen molar-refractivity contribution in [1.82, 2.24) is 0 Å². The Morgan fingerprint density at radius 2 is 2.27 bits per heavy atom. The van der Waals surface area contributed by atoms with Crippen molar-refractivity contribution < 1.29 is 0 Å². The summed E-state index contributed by atoms with van der Waals surface area (Å²) < 4.78 is 0. The number of hydrogen-bond donors (Lipinski definition) is 2. The van der Waals surface area contributed by atoms with E-state index in [0.29, 0.717) is 10.7 Å². The summed E-state index contributed by atoms with van der Waals surface area (Å²) in [6.07, 6.45) is 0. The van der Waals surface area contributed by atoms with Crippen LogP contribution in [0, 0.1) is 0 Å². The molecule has 0 atom stereocenters. The topological polar surface area (TPSA) is 38.0 Å². The Bertz CT molecular complexity index is 248. The molecule has 1 aromatic carbocycles. The molecule has 0 aromatic heterocycles. The van der Waals surface area contributed by atoms with Crippen molar-refractivity contribution in [2.75, 3.05) is 17.6 Å². The SMILES string of the molecule is CCNc1cccc(N)c1Cl. The Morgan fingerprint density at radius 3 is 2.91 bits per heavy atom. The normalized spacial score (nSPS) is 9.64. The molecule has 0 bridgehead atoms. The number of nitrogens with one attached hydrogen (secondary N) is 1. The average molecular weight is 171 g/mol. The lowest BCUT2D eigenvalue weighted by atomic mass is 10.3. The van der Waals surface area contributed by atoms with E-state index in [0.717, 1.165) is 12.2 Å². The number of halogens is 1. The number of rotatable bonds is 2. The third-order valence-electron chi connectivity index (χ3n) is 1.40. The van der Waals surface area contributed by atoms with Gasteiger partial charge in [0.2, 0.25) is 0 Å². The maximum Gasteiger partial charge on any atom is 0.0866 e. The summed E-state index contributed by atoms with van der Waals surface area (Å²) in [5, 5.41) is 3.71. The molecule has 0 unspecified atom stereocenters. The van der Waals surface area contributed by atoms with Crippen molar-refractivity contribution in [2.45, 2.75) is 6.92 Å². The maximum absolute atomic E-state index is 5.88. The smallest absolute Gasteiger partial charge is 0.0866 e. The van der Waals surface area contributed by atoms with Crippen LogP contribution in [0.1, 0.15) is 6.92 Å². The van der Waals surface area contributed by atoms with E-state index in [4.69, 9.17) is 17.3 Å². The van der Waals surface area contributed by atoms with Crippen LogP contribution >= 0.6 is 11.6 Å². The highest BCUT2D eigenvalue weighted by molar-refractivity contribution is 6.35. The standard InChI is InChI=1S/C8H11ClN2/c1-2-11-7-5-3-4-6(10)8(7)9/h3-5,11H,2,10H2,1H3. The van der Waals surface area contributed by atoms with Crippen molar-refractivity contribution in [3.8, 4) is 0 Å². The summed E-state index contributed by atoms with van der Waals surface area (Å²) in [5.74, 6) is 0. The second kappa shape index (κ2) is 3.49. The van der Waals surface area contributed by atoms with Crippen LogP contribution in [0.4, 0.5) is 11.4 Å². The molecule has 3 N–H and O–H groups in total. The molecule has 0 fully saturated rings. The van der Waals surface area contributed by atoms with Crippen molar-refractivity contribution in [3.05, 3.63) is 23.2 Å². The molecule has 1 aromatic rings. The zero-order chi connectivity index (χ0) is 8.27. The summed E-state index contributed by atoms with van der Waals surface area (Å²) in [6.45, 7) is 2.86. The molecule has 0 heterocycles. The summed E-state index contributed by atoms with van der Waals surface area (Å²) in [7, 11) is 0. The van der Waals surface area contributed by atoms with Crippen molar-refractivity contribution >= 4 is 23.0 Å². The maximum atomic E-state index is 5.88. The summed E-state index contributed by atoms with van der Waals surface area (Å²) in [5.41, 5.74) is 7.09. The van der Waals surface area contributed by atoms with Gasteiger partial charge in [-0.15, -0.1) is 0 Å². The van der Waals surface area contributed by atoms with Gasteiger partial charge in [0.05, 0.1) is 16.4 Å². The second-order valence-electron chi connectivity index (χ2n) is 2.24. The lowest BCUT2D eigenvalue weighted by Crippen LogP contribution is -1.98. The molecule has 0 aliphatic carbocycles. The van der Waals surface area contributed by atoms with E-state index >= 15 is 0 Å². The highest BCUT2D eigenvalue weighted by Crippen LogP contribution is 2.26. The average Bonchev–Trinajstić information content (AvgIpc) is 1.99. The van der Waals surface area contributed by atoms with Gasteiger partial charge >= 0.3 is 0 Å². The van der Waals surface area contributed by atoms with Gasteiger partial charge in [0.15, 0.2) is 0 Å².